The highest BCUT2D eigenvalue weighted by atomic mass is 16.3. The van der Waals surface area contributed by atoms with E-state index in [0.29, 0.717) is 6.42 Å². The van der Waals surface area contributed by atoms with Crippen molar-refractivity contribution in [3.05, 3.63) is 77.5 Å². The Hall–Kier alpha value is -3.14. The highest BCUT2D eigenvalue weighted by Gasteiger charge is 2.11. The van der Waals surface area contributed by atoms with Gasteiger partial charge >= 0.3 is 0 Å². The molecule has 122 valence electrons. The predicted molar refractivity (Wildman–Crippen MR) is 102 cm³/mol. The lowest BCUT2D eigenvalue weighted by Crippen LogP contribution is -2.02. The molecular weight excluding hydrogens is 298 g/mol. The Bertz CT molecular complexity index is 820. The molecule has 2 aromatic rings. The molecule has 0 amide bonds. The predicted octanol–water partition coefficient (Wildman–Crippen LogP) is 3.85. The Morgan fingerprint density at radius 1 is 1.29 bits per heavy atom. The molecule has 0 heterocycles. The summed E-state index contributed by atoms with van der Waals surface area (Å²) in [5.74, 6) is 0.239. The van der Waals surface area contributed by atoms with Gasteiger partial charge in [-0.3, -0.25) is 9.98 Å². The SMILES string of the molecule is C=Cc1cc(C(C=CN)=NC)cc(Cc2cccc(O)c2)c1N=C. The van der Waals surface area contributed by atoms with E-state index >= 15 is 0 Å². The van der Waals surface area contributed by atoms with E-state index in [4.69, 9.17) is 5.73 Å². The largest absolute Gasteiger partial charge is 0.508 e. The zero-order valence-electron chi connectivity index (χ0n) is 13.7. The van der Waals surface area contributed by atoms with Crippen molar-refractivity contribution in [2.45, 2.75) is 6.42 Å². The van der Waals surface area contributed by atoms with Crippen LogP contribution < -0.4 is 5.73 Å². The molecule has 0 aliphatic rings. The third kappa shape index (κ3) is 3.79. The van der Waals surface area contributed by atoms with E-state index in [1.54, 1.807) is 31.3 Å². The number of nitrogens with two attached hydrogens (primary N) is 1. The smallest absolute Gasteiger partial charge is 0.115 e. The minimum Gasteiger partial charge on any atom is -0.508 e. The molecule has 0 aliphatic carbocycles. The van der Waals surface area contributed by atoms with E-state index in [0.717, 1.165) is 33.7 Å². The van der Waals surface area contributed by atoms with E-state index in [2.05, 4.69) is 23.3 Å². The Balaban J connectivity index is 2.59. The first kappa shape index (κ1) is 17.2. The molecule has 0 fully saturated rings. The monoisotopic (exact) mass is 319 g/mol. The fourth-order valence-corrected chi connectivity index (χ4v) is 2.63. The quantitative estimate of drug-likeness (QED) is 0.794. The minimum absolute atomic E-state index is 0.239. The summed E-state index contributed by atoms with van der Waals surface area (Å²) in [4.78, 5) is 8.44. The fourth-order valence-electron chi connectivity index (χ4n) is 2.63. The minimum atomic E-state index is 0.239. The molecule has 0 unspecified atom stereocenters. The molecule has 0 bridgehead atoms. The lowest BCUT2D eigenvalue weighted by Gasteiger charge is -2.13. The second-order valence-electron chi connectivity index (χ2n) is 5.25. The van der Waals surface area contributed by atoms with Gasteiger partial charge in [0.25, 0.3) is 0 Å². The van der Waals surface area contributed by atoms with Gasteiger partial charge in [-0.2, -0.15) is 0 Å². The van der Waals surface area contributed by atoms with Crippen molar-refractivity contribution in [1.82, 2.24) is 0 Å². The standard InChI is InChI=1S/C20H21N3O/c1-4-15-12-16(19(22-2)8-9-21)13-17(20(15)23-3)10-14-6-5-7-18(24)11-14/h4-9,11-13,24H,1,3,10,21H2,2H3. The van der Waals surface area contributed by atoms with Crippen LogP contribution in [0.3, 0.4) is 0 Å². The van der Waals surface area contributed by atoms with Crippen molar-refractivity contribution in [2.24, 2.45) is 15.7 Å². The van der Waals surface area contributed by atoms with E-state index < -0.39 is 0 Å². The molecule has 2 aromatic carbocycles. The maximum atomic E-state index is 9.68. The molecule has 0 radical (unpaired) electrons. The Kier molecular flexibility index (Phi) is 5.68. The first-order valence-electron chi connectivity index (χ1n) is 7.52. The van der Waals surface area contributed by atoms with Crippen LogP contribution in [-0.2, 0) is 6.42 Å². The van der Waals surface area contributed by atoms with E-state index in [-0.39, 0.29) is 5.75 Å². The van der Waals surface area contributed by atoms with E-state index in [1.807, 2.05) is 24.3 Å². The summed E-state index contributed by atoms with van der Waals surface area (Å²) in [6, 6.07) is 11.1. The molecule has 4 nitrogen and oxygen atoms in total. The molecule has 0 aliphatic heterocycles. The van der Waals surface area contributed by atoms with Crippen LogP contribution in [0.5, 0.6) is 5.75 Å². The summed E-state index contributed by atoms with van der Waals surface area (Å²) >= 11 is 0. The molecular formula is C20H21N3O. The number of aliphatic imine (C=N–C) groups is 2. The Labute approximate surface area is 142 Å². The molecule has 2 rings (SSSR count). The van der Waals surface area contributed by atoms with Crippen molar-refractivity contribution in [2.75, 3.05) is 7.05 Å². The molecule has 24 heavy (non-hydrogen) atoms. The van der Waals surface area contributed by atoms with Gasteiger partial charge in [0, 0.05) is 18.2 Å². The van der Waals surface area contributed by atoms with Crippen LogP contribution in [-0.4, -0.2) is 24.6 Å². The highest BCUT2D eigenvalue weighted by molar-refractivity contribution is 6.09. The van der Waals surface area contributed by atoms with E-state index in [1.165, 1.54) is 6.20 Å². The molecule has 0 aromatic heterocycles. The number of phenolic OH excluding ortho intramolecular Hbond substituents is 1. The number of phenols is 1. The Morgan fingerprint density at radius 2 is 2.08 bits per heavy atom. The van der Waals surface area contributed by atoms with Crippen molar-refractivity contribution < 1.29 is 5.11 Å². The molecule has 0 saturated heterocycles. The topological polar surface area (TPSA) is 71.0 Å². The van der Waals surface area contributed by atoms with Crippen LogP contribution in [0.4, 0.5) is 5.69 Å². The van der Waals surface area contributed by atoms with Crippen molar-refractivity contribution in [3.63, 3.8) is 0 Å². The van der Waals surface area contributed by atoms with E-state index in [9.17, 15) is 5.11 Å². The second-order valence-corrected chi connectivity index (χ2v) is 5.25. The summed E-state index contributed by atoms with van der Waals surface area (Å²) in [6.07, 6.45) is 5.57. The number of nitrogens with zero attached hydrogens (tertiary/aromatic N) is 2. The van der Waals surface area contributed by atoms with Gasteiger partial charge in [0.15, 0.2) is 0 Å². The molecule has 0 spiro atoms. The summed E-state index contributed by atoms with van der Waals surface area (Å²) in [7, 11) is 1.72. The highest BCUT2D eigenvalue weighted by Crippen LogP contribution is 2.30. The number of hydrogen-bond donors (Lipinski definition) is 2. The van der Waals surface area contributed by atoms with Crippen LogP contribution in [0.25, 0.3) is 6.08 Å². The lowest BCUT2D eigenvalue weighted by molar-refractivity contribution is 0.474. The zero-order valence-corrected chi connectivity index (χ0v) is 13.7. The first-order chi connectivity index (χ1) is 11.6. The summed E-state index contributed by atoms with van der Waals surface area (Å²) in [5, 5.41) is 9.68. The summed E-state index contributed by atoms with van der Waals surface area (Å²) in [6.45, 7) is 7.54. The number of allylic oxidation sites excluding steroid dienone is 1. The van der Waals surface area contributed by atoms with Crippen LogP contribution in [0.15, 0.2) is 65.2 Å². The molecule has 0 atom stereocenters. The number of hydrogen-bond acceptors (Lipinski definition) is 4. The fraction of sp³-hybridized carbons (Fsp3) is 0.100. The number of benzene rings is 2. The first-order valence-corrected chi connectivity index (χ1v) is 7.52. The van der Waals surface area contributed by atoms with Gasteiger partial charge in [0.1, 0.15) is 5.75 Å². The van der Waals surface area contributed by atoms with Gasteiger partial charge in [-0.25, -0.2) is 0 Å². The normalized spacial score (nSPS) is 11.6. The van der Waals surface area contributed by atoms with Crippen LogP contribution in [0.2, 0.25) is 0 Å². The number of aromatic hydroxyl groups is 1. The van der Waals surface area contributed by atoms with Crippen LogP contribution >= 0.6 is 0 Å². The third-order valence-electron chi connectivity index (χ3n) is 3.69. The summed E-state index contributed by atoms with van der Waals surface area (Å²) < 4.78 is 0. The summed E-state index contributed by atoms with van der Waals surface area (Å²) in [5.41, 5.74) is 10.8. The lowest BCUT2D eigenvalue weighted by atomic mass is 9.95. The van der Waals surface area contributed by atoms with Crippen LogP contribution in [0.1, 0.15) is 22.3 Å². The Morgan fingerprint density at radius 3 is 2.67 bits per heavy atom. The average molecular weight is 319 g/mol. The van der Waals surface area contributed by atoms with Gasteiger partial charge in [0.05, 0.1) is 11.4 Å². The second kappa shape index (κ2) is 7.92. The maximum Gasteiger partial charge on any atom is 0.115 e. The van der Waals surface area contributed by atoms with Crippen molar-refractivity contribution in [3.8, 4) is 5.75 Å². The molecule has 3 N–H and O–H groups in total. The zero-order chi connectivity index (χ0) is 17.5. The maximum absolute atomic E-state index is 9.68. The average Bonchev–Trinajstić information content (AvgIpc) is 2.59. The van der Waals surface area contributed by atoms with Gasteiger partial charge in [-0.1, -0.05) is 24.8 Å². The van der Waals surface area contributed by atoms with Crippen molar-refractivity contribution in [1.29, 1.82) is 0 Å². The molecule has 0 saturated carbocycles. The van der Waals surface area contributed by atoms with Gasteiger partial charge < -0.3 is 10.8 Å². The number of rotatable bonds is 6. The van der Waals surface area contributed by atoms with Crippen molar-refractivity contribution >= 4 is 24.2 Å². The van der Waals surface area contributed by atoms with Gasteiger partial charge in [-0.05, 0) is 60.8 Å². The van der Waals surface area contributed by atoms with Crippen LogP contribution in [0, 0.1) is 0 Å². The van der Waals surface area contributed by atoms with Gasteiger partial charge in [-0.15, -0.1) is 0 Å². The molecule has 4 heteroatoms. The van der Waals surface area contributed by atoms with Gasteiger partial charge in [0.2, 0.25) is 0 Å². The third-order valence-corrected chi connectivity index (χ3v) is 3.69.